The van der Waals surface area contributed by atoms with E-state index in [4.69, 9.17) is 5.73 Å². The summed E-state index contributed by atoms with van der Waals surface area (Å²) in [7, 11) is 0. The quantitative estimate of drug-likeness (QED) is 0.823. The molecule has 3 N–H and O–H groups in total. The maximum Gasteiger partial charge on any atom is 0.183 e. The highest BCUT2D eigenvalue weighted by Crippen LogP contribution is 2.33. The third-order valence-corrected chi connectivity index (χ3v) is 3.47. The van der Waals surface area contributed by atoms with Crippen LogP contribution in [0, 0.1) is 0 Å². The Labute approximate surface area is 116 Å². The second kappa shape index (κ2) is 5.18. The molecule has 0 atom stereocenters. The van der Waals surface area contributed by atoms with Crippen LogP contribution < -0.4 is 5.73 Å². The van der Waals surface area contributed by atoms with Crippen LogP contribution in [0.25, 0.3) is 11.4 Å². The molecule has 90 valence electrons. The topological polar surface area (TPSA) is 67.6 Å². The molecule has 2 aromatic rings. The Balaban J connectivity index is 2.44. The molecule has 1 heterocycles. The van der Waals surface area contributed by atoms with Crippen molar-refractivity contribution < 1.29 is 0 Å². The molecule has 0 bridgehead atoms. The molecule has 2 rings (SSSR count). The molecule has 1 aromatic carbocycles. The third-order valence-electron chi connectivity index (χ3n) is 2.35. The molecule has 0 aliphatic rings. The minimum absolute atomic E-state index is 0.632. The number of aromatic amines is 1. The molecule has 0 saturated carbocycles. The van der Waals surface area contributed by atoms with Crippen LogP contribution >= 0.6 is 31.9 Å². The van der Waals surface area contributed by atoms with Gasteiger partial charge in [-0.2, -0.15) is 5.10 Å². The maximum absolute atomic E-state index is 6.01. The van der Waals surface area contributed by atoms with Gasteiger partial charge in [-0.1, -0.05) is 22.9 Å². The van der Waals surface area contributed by atoms with Crippen molar-refractivity contribution in [2.45, 2.75) is 19.8 Å². The summed E-state index contributed by atoms with van der Waals surface area (Å²) in [6.07, 6.45) is 1.92. The number of nitrogens with zero attached hydrogens (tertiary/aromatic N) is 2. The van der Waals surface area contributed by atoms with Gasteiger partial charge in [-0.05, 0) is 34.5 Å². The number of halogens is 2. The molecule has 6 heteroatoms. The first-order chi connectivity index (χ1) is 8.11. The fraction of sp³-hybridized carbons (Fsp3) is 0.273. The van der Waals surface area contributed by atoms with Gasteiger partial charge < -0.3 is 5.73 Å². The van der Waals surface area contributed by atoms with Crippen LogP contribution in [0.4, 0.5) is 5.69 Å². The van der Waals surface area contributed by atoms with Gasteiger partial charge in [-0.15, -0.1) is 0 Å². The highest BCUT2D eigenvalue weighted by molar-refractivity contribution is 9.11. The van der Waals surface area contributed by atoms with Crippen LogP contribution in [-0.2, 0) is 6.42 Å². The molecule has 0 amide bonds. The lowest BCUT2D eigenvalue weighted by Gasteiger charge is -2.04. The number of aromatic nitrogens is 3. The summed E-state index contributed by atoms with van der Waals surface area (Å²) >= 11 is 6.84. The Morgan fingerprint density at radius 1 is 1.35 bits per heavy atom. The smallest absolute Gasteiger partial charge is 0.183 e. The number of hydrogen-bond donors (Lipinski definition) is 2. The van der Waals surface area contributed by atoms with Gasteiger partial charge in [0.25, 0.3) is 0 Å². The van der Waals surface area contributed by atoms with Crippen molar-refractivity contribution in [3.63, 3.8) is 0 Å². The minimum Gasteiger partial charge on any atom is -0.397 e. The fourth-order valence-corrected chi connectivity index (χ4v) is 2.76. The molecule has 0 unspecified atom stereocenters. The monoisotopic (exact) mass is 358 g/mol. The molecule has 4 nitrogen and oxygen atoms in total. The molecular formula is C11H12Br2N4. The van der Waals surface area contributed by atoms with Crippen molar-refractivity contribution in [3.05, 3.63) is 26.9 Å². The Kier molecular flexibility index (Phi) is 3.83. The molecule has 0 radical (unpaired) electrons. The van der Waals surface area contributed by atoms with E-state index in [0.717, 1.165) is 33.2 Å². The van der Waals surface area contributed by atoms with E-state index in [1.807, 2.05) is 12.1 Å². The number of anilines is 1. The molecule has 0 spiro atoms. The van der Waals surface area contributed by atoms with E-state index in [0.29, 0.717) is 11.5 Å². The van der Waals surface area contributed by atoms with Gasteiger partial charge in [0.15, 0.2) is 5.82 Å². The largest absolute Gasteiger partial charge is 0.397 e. The van der Waals surface area contributed by atoms with E-state index >= 15 is 0 Å². The average Bonchev–Trinajstić information content (AvgIpc) is 2.72. The minimum atomic E-state index is 0.632. The number of nitrogen functional groups attached to an aromatic ring is 1. The van der Waals surface area contributed by atoms with E-state index in [1.54, 1.807) is 0 Å². The highest BCUT2D eigenvalue weighted by Gasteiger charge is 2.12. The Bertz CT molecular complexity index is 536. The zero-order valence-electron chi connectivity index (χ0n) is 9.30. The van der Waals surface area contributed by atoms with Crippen LogP contribution in [0.15, 0.2) is 21.1 Å². The Hall–Kier alpha value is -0.880. The highest BCUT2D eigenvalue weighted by atomic mass is 79.9. The van der Waals surface area contributed by atoms with E-state index in [9.17, 15) is 0 Å². The normalized spacial score (nSPS) is 10.8. The van der Waals surface area contributed by atoms with Crippen molar-refractivity contribution in [2.75, 3.05) is 5.73 Å². The van der Waals surface area contributed by atoms with Gasteiger partial charge in [-0.3, -0.25) is 5.10 Å². The number of nitrogens with two attached hydrogens (primary N) is 1. The summed E-state index contributed by atoms with van der Waals surface area (Å²) in [6, 6.07) is 3.82. The van der Waals surface area contributed by atoms with E-state index in [-0.39, 0.29) is 0 Å². The second-order valence-electron chi connectivity index (χ2n) is 3.70. The number of H-pyrrole nitrogens is 1. The maximum atomic E-state index is 6.01. The summed E-state index contributed by atoms with van der Waals surface area (Å²) in [5.41, 5.74) is 7.48. The van der Waals surface area contributed by atoms with Gasteiger partial charge >= 0.3 is 0 Å². The van der Waals surface area contributed by atoms with Crippen LogP contribution in [0.2, 0.25) is 0 Å². The number of rotatable bonds is 3. The molecule has 0 aliphatic heterocycles. The standard InChI is InChI=1S/C11H12Br2N4/c1-2-3-9-15-11(17-16-9)7-4-6(12)5-8(13)10(7)14/h4-5H,2-3,14H2,1H3,(H,15,16,17). The van der Waals surface area contributed by atoms with Crippen molar-refractivity contribution in [1.29, 1.82) is 0 Å². The number of benzene rings is 1. The van der Waals surface area contributed by atoms with E-state index in [1.165, 1.54) is 0 Å². The first-order valence-electron chi connectivity index (χ1n) is 5.28. The average molecular weight is 360 g/mol. The summed E-state index contributed by atoms with van der Waals surface area (Å²) < 4.78 is 1.78. The van der Waals surface area contributed by atoms with Crippen LogP contribution in [0.5, 0.6) is 0 Å². The number of hydrogen-bond acceptors (Lipinski definition) is 3. The van der Waals surface area contributed by atoms with Gasteiger partial charge in [0, 0.05) is 20.9 Å². The van der Waals surface area contributed by atoms with Crippen molar-refractivity contribution in [2.24, 2.45) is 0 Å². The summed E-state index contributed by atoms with van der Waals surface area (Å²) in [6.45, 7) is 2.10. The lowest BCUT2D eigenvalue weighted by molar-refractivity contribution is 0.841. The molecule has 0 aliphatic carbocycles. The molecule has 0 saturated heterocycles. The SMILES string of the molecule is CCCc1nc(-c2cc(Br)cc(Br)c2N)n[nH]1. The van der Waals surface area contributed by atoms with Crippen molar-refractivity contribution >= 4 is 37.5 Å². The number of aryl methyl sites for hydroxylation is 1. The lowest BCUT2D eigenvalue weighted by Crippen LogP contribution is -1.93. The first kappa shape index (κ1) is 12.6. The molecular weight excluding hydrogens is 348 g/mol. The van der Waals surface area contributed by atoms with Gasteiger partial charge in [0.05, 0.1) is 5.69 Å². The summed E-state index contributed by atoms with van der Waals surface area (Å²) in [5.74, 6) is 1.52. The van der Waals surface area contributed by atoms with Crippen molar-refractivity contribution in [1.82, 2.24) is 15.2 Å². The number of nitrogens with one attached hydrogen (secondary N) is 1. The predicted molar refractivity (Wildman–Crippen MR) is 75.6 cm³/mol. The molecule has 17 heavy (non-hydrogen) atoms. The fourth-order valence-electron chi connectivity index (χ4n) is 1.53. The van der Waals surface area contributed by atoms with Gasteiger partial charge in [0.1, 0.15) is 5.82 Å². The van der Waals surface area contributed by atoms with Crippen molar-refractivity contribution in [3.8, 4) is 11.4 Å². The molecule has 0 fully saturated rings. The van der Waals surface area contributed by atoms with E-state index in [2.05, 4.69) is 54.0 Å². The second-order valence-corrected chi connectivity index (χ2v) is 5.47. The third kappa shape index (κ3) is 2.69. The lowest BCUT2D eigenvalue weighted by atomic mass is 10.2. The van der Waals surface area contributed by atoms with Crippen LogP contribution in [0.3, 0.4) is 0 Å². The van der Waals surface area contributed by atoms with Crippen LogP contribution in [0.1, 0.15) is 19.2 Å². The van der Waals surface area contributed by atoms with Crippen LogP contribution in [-0.4, -0.2) is 15.2 Å². The van der Waals surface area contributed by atoms with E-state index < -0.39 is 0 Å². The Morgan fingerprint density at radius 2 is 2.12 bits per heavy atom. The first-order valence-corrected chi connectivity index (χ1v) is 6.86. The zero-order valence-corrected chi connectivity index (χ0v) is 12.5. The molecule has 1 aromatic heterocycles. The summed E-state index contributed by atoms with van der Waals surface area (Å²) in [4.78, 5) is 4.42. The van der Waals surface area contributed by atoms with Gasteiger partial charge in [0.2, 0.25) is 0 Å². The zero-order chi connectivity index (χ0) is 12.4. The predicted octanol–water partition coefficient (Wildman–Crippen LogP) is 3.53. The Morgan fingerprint density at radius 3 is 2.82 bits per heavy atom. The van der Waals surface area contributed by atoms with Gasteiger partial charge in [-0.25, -0.2) is 4.98 Å². The summed E-state index contributed by atoms with van der Waals surface area (Å²) in [5, 5.41) is 7.11.